The Hall–Kier alpha value is -3.60. The van der Waals surface area contributed by atoms with Crippen LogP contribution in [-0.2, 0) is 0 Å². The van der Waals surface area contributed by atoms with Crippen LogP contribution in [0.15, 0.2) is 54.6 Å². The fourth-order valence-corrected chi connectivity index (χ4v) is 3.19. The molecule has 0 saturated heterocycles. The molecule has 2 N–H and O–H groups in total. The molecule has 140 valence electrons. The van der Waals surface area contributed by atoms with Crippen molar-refractivity contribution in [2.24, 2.45) is 0 Å². The number of carbonyl (C=O) groups excluding carboxylic acids is 2. The summed E-state index contributed by atoms with van der Waals surface area (Å²) in [5, 5.41) is 5.74. The lowest BCUT2D eigenvalue weighted by Crippen LogP contribution is -2.15. The molecule has 0 fully saturated rings. The number of hydrogen-bond acceptors (Lipinski definition) is 3. The van der Waals surface area contributed by atoms with E-state index in [1.807, 2.05) is 57.2 Å². The fourth-order valence-electron chi connectivity index (χ4n) is 3.19. The van der Waals surface area contributed by atoms with Crippen LogP contribution in [0.3, 0.4) is 0 Å². The summed E-state index contributed by atoms with van der Waals surface area (Å²) in [5.41, 5.74) is 5.07. The van der Waals surface area contributed by atoms with Crippen molar-refractivity contribution in [3.8, 4) is 11.5 Å². The van der Waals surface area contributed by atoms with Gasteiger partial charge in [-0.3, -0.25) is 9.59 Å². The number of nitrogens with one attached hydrogen (secondary N) is 2. The molecule has 1 heterocycles. The summed E-state index contributed by atoms with van der Waals surface area (Å²) in [5.74, 6) is 0.548. The first-order valence-electron chi connectivity index (χ1n) is 9.03. The summed E-state index contributed by atoms with van der Waals surface area (Å²) in [6.07, 6.45) is 0. The van der Waals surface area contributed by atoms with E-state index in [1.165, 1.54) is 0 Å². The van der Waals surface area contributed by atoms with Crippen LogP contribution in [0.4, 0.5) is 11.4 Å². The van der Waals surface area contributed by atoms with Gasteiger partial charge in [-0.05, 0) is 68.3 Å². The number of carbonyl (C=O) groups is 2. The molecule has 0 radical (unpaired) electrons. The minimum absolute atomic E-state index is 0.213. The lowest BCUT2D eigenvalue weighted by Gasteiger charge is -2.11. The molecule has 0 unspecified atom stereocenters. The predicted molar refractivity (Wildman–Crippen MR) is 110 cm³/mol. The molecule has 2 amide bonds. The minimum Gasteiger partial charge on any atom is -0.454 e. The van der Waals surface area contributed by atoms with E-state index < -0.39 is 0 Å². The molecule has 0 aliphatic carbocycles. The monoisotopic (exact) mass is 372 g/mol. The number of fused-ring (bicyclic) bond motifs is 2. The molecule has 1 aliphatic heterocycles. The zero-order chi connectivity index (χ0) is 19.8. The van der Waals surface area contributed by atoms with Crippen molar-refractivity contribution in [1.82, 2.24) is 0 Å². The molecule has 28 heavy (non-hydrogen) atoms. The smallest absolute Gasteiger partial charge is 0.259 e. The first kappa shape index (κ1) is 17.8. The molecule has 5 nitrogen and oxygen atoms in total. The topological polar surface area (TPSA) is 67.4 Å². The zero-order valence-electron chi connectivity index (χ0n) is 15.9. The molecule has 0 spiro atoms. The molecule has 0 bridgehead atoms. The summed E-state index contributed by atoms with van der Waals surface area (Å²) in [4.78, 5) is 25.4. The van der Waals surface area contributed by atoms with Crippen LogP contribution in [0.5, 0.6) is 11.5 Å². The van der Waals surface area contributed by atoms with Crippen LogP contribution in [-0.4, -0.2) is 11.8 Å². The predicted octanol–water partition coefficient (Wildman–Crippen LogP) is 5.22. The number of rotatable bonds is 2. The maximum absolute atomic E-state index is 12.7. The maximum atomic E-state index is 12.7. The van der Waals surface area contributed by atoms with Gasteiger partial charge in [0, 0.05) is 11.3 Å². The van der Waals surface area contributed by atoms with Gasteiger partial charge >= 0.3 is 0 Å². The Labute approximate surface area is 163 Å². The van der Waals surface area contributed by atoms with E-state index >= 15 is 0 Å². The van der Waals surface area contributed by atoms with E-state index in [9.17, 15) is 9.59 Å². The second kappa shape index (κ2) is 6.85. The lowest BCUT2D eigenvalue weighted by molar-refractivity contribution is 0.101. The number of hydrogen-bond donors (Lipinski definition) is 2. The third-order valence-corrected chi connectivity index (χ3v) is 4.72. The van der Waals surface area contributed by atoms with Crippen LogP contribution in [0, 0.1) is 20.8 Å². The van der Waals surface area contributed by atoms with Gasteiger partial charge in [-0.15, -0.1) is 0 Å². The lowest BCUT2D eigenvalue weighted by atomic mass is 10.0. The second-order valence-corrected chi connectivity index (χ2v) is 7.04. The molecule has 0 atom stereocenters. The van der Waals surface area contributed by atoms with Crippen LogP contribution >= 0.6 is 0 Å². The average Bonchev–Trinajstić information content (AvgIpc) is 2.79. The Kier molecular flexibility index (Phi) is 4.35. The Morgan fingerprint density at radius 2 is 1.61 bits per heavy atom. The summed E-state index contributed by atoms with van der Waals surface area (Å²) < 4.78 is 5.91. The SMILES string of the molecule is Cc1ccc2c(c1)NC(=O)c1cc(NC(=O)c3cc(C)ccc3C)ccc1O2. The third kappa shape index (κ3) is 3.34. The first-order chi connectivity index (χ1) is 13.4. The average molecular weight is 372 g/mol. The van der Waals surface area contributed by atoms with Gasteiger partial charge in [0.05, 0.1) is 11.3 Å². The highest BCUT2D eigenvalue weighted by Gasteiger charge is 2.22. The number of anilines is 2. The Morgan fingerprint density at radius 1 is 0.893 bits per heavy atom. The first-order valence-corrected chi connectivity index (χ1v) is 9.03. The Morgan fingerprint density at radius 3 is 2.43 bits per heavy atom. The molecule has 0 saturated carbocycles. The highest BCUT2D eigenvalue weighted by atomic mass is 16.5. The van der Waals surface area contributed by atoms with Crippen molar-refractivity contribution < 1.29 is 14.3 Å². The molecular weight excluding hydrogens is 352 g/mol. The van der Waals surface area contributed by atoms with Crippen LogP contribution < -0.4 is 15.4 Å². The van der Waals surface area contributed by atoms with Crippen LogP contribution in [0.1, 0.15) is 37.4 Å². The summed E-state index contributed by atoms with van der Waals surface area (Å²) in [6.45, 7) is 5.79. The number of ether oxygens (including phenoxy) is 1. The zero-order valence-corrected chi connectivity index (χ0v) is 15.9. The van der Waals surface area contributed by atoms with Crippen molar-refractivity contribution in [2.75, 3.05) is 10.6 Å². The van der Waals surface area contributed by atoms with Gasteiger partial charge < -0.3 is 15.4 Å². The van der Waals surface area contributed by atoms with Gasteiger partial charge in [-0.1, -0.05) is 23.8 Å². The van der Waals surface area contributed by atoms with E-state index in [2.05, 4.69) is 10.6 Å². The molecule has 4 rings (SSSR count). The van der Waals surface area contributed by atoms with E-state index in [0.29, 0.717) is 34.0 Å². The standard InChI is InChI=1S/C23H20N2O3/c1-13-4-6-15(3)17(10-13)22(26)24-16-7-9-20-18(12-16)23(27)25-19-11-14(2)5-8-21(19)28-20/h4-12H,1-3H3,(H,24,26)(H,25,27). The van der Waals surface area contributed by atoms with Crippen molar-refractivity contribution in [3.63, 3.8) is 0 Å². The third-order valence-electron chi connectivity index (χ3n) is 4.72. The molecule has 3 aromatic rings. The number of amides is 2. The fraction of sp³-hybridized carbons (Fsp3) is 0.130. The van der Waals surface area contributed by atoms with Crippen LogP contribution in [0.25, 0.3) is 0 Å². The number of aryl methyl sites for hydroxylation is 3. The van der Waals surface area contributed by atoms with E-state index in [0.717, 1.165) is 16.7 Å². The number of benzene rings is 3. The maximum Gasteiger partial charge on any atom is 0.259 e. The molecular formula is C23H20N2O3. The van der Waals surface area contributed by atoms with Crippen molar-refractivity contribution in [2.45, 2.75) is 20.8 Å². The van der Waals surface area contributed by atoms with Gasteiger partial charge in [0.1, 0.15) is 5.75 Å². The molecule has 5 heteroatoms. The van der Waals surface area contributed by atoms with E-state index in [1.54, 1.807) is 18.2 Å². The normalized spacial score (nSPS) is 12.2. The Balaban J connectivity index is 1.64. The van der Waals surface area contributed by atoms with Crippen molar-refractivity contribution in [3.05, 3.63) is 82.4 Å². The van der Waals surface area contributed by atoms with Crippen molar-refractivity contribution >= 4 is 23.2 Å². The molecule has 3 aromatic carbocycles. The molecule has 1 aliphatic rings. The van der Waals surface area contributed by atoms with E-state index in [4.69, 9.17) is 4.74 Å². The van der Waals surface area contributed by atoms with Gasteiger partial charge in [0.15, 0.2) is 5.75 Å². The van der Waals surface area contributed by atoms with Gasteiger partial charge in [-0.25, -0.2) is 0 Å². The van der Waals surface area contributed by atoms with Crippen LogP contribution in [0.2, 0.25) is 0 Å². The van der Waals surface area contributed by atoms with E-state index in [-0.39, 0.29) is 11.8 Å². The highest BCUT2D eigenvalue weighted by Crippen LogP contribution is 2.37. The quantitative estimate of drug-likeness (QED) is 0.648. The summed E-state index contributed by atoms with van der Waals surface area (Å²) in [6, 6.07) is 16.4. The Bertz CT molecular complexity index is 1120. The highest BCUT2D eigenvalue weighted by molar-refractivity contribution is 6.10. The van der Waals surface area contributed by atoms with Gasteiger partial charge in [-0.2, -0.15) is 0 Å². The van der Waals surface area contributed by atoms with Gasteiger partial charge in [0.25, 0.3) is 11.8 Å². The summed E-state index contributed by atoms with van der Waals surface area (Å²) in [7, 11) is 0. The second-order valence-electron chi connectivity index (χ2n) is 7.04. The van der Waals surface area contributed by atoms with Crippen molar-refractivity contribution in [1.29, 1.82) is 0 Å². The summed E-state index contributed by atoms with van der Waals surface area (Å²) >= 11 is 0. The largest absolute Gasteiger partial charge is 0.454 e. The van der Waals surface area contributed by atoms with Gasteiger partial charge in [0.2, 0.25) is 0 Å². The minimum atomic E-state index is -0.276. The molecule has 0 aromatic heterocycles.